The lowest BCUT2D eigenvalue weighted by atomic mass is 10.1. The van der Waals surface area contributed by atoms with Gasteiger partial charge in [-0.25, -0.2) is 0 Å². The Bertz CT molecular complexity index is 996. The maximum Gasteiger partial charge on any atom is 0.262 e. The van der Waals surface area contributed by atoms with E-state index >= 15 is 0 Å². The summed E-state index contributed by atoms with van der Waals surface area (Å²) in [6, 6.07) is 10.7. The van der Waals surface area contributed by atoms with Crippen molar-refractivity contribution < 1.29 is 14.3 Å². The first-order valence-corrected chi connectivity index (χ1v) is 8.09. The summed E-state index contributed by atoms with van der Waals surface area (Å²) in [5, 5.41) is 7.09. The van der Waals surface area contributed by atoms with Crippen LogP contribution in [0.15, 0.2) is 42.6 Å². The molecule has 0 radical (unpaired) electrons. The highest BCUT2D eigenvalue weighted by Gasteiger charge is 2.20. The summed E-state index contributed by atoms with van der Waals surface area (Å²) in [4.78, 5) is 27.0. The van der Waals surface area contributed by atoms with E-state index in [0.717, 1.165) is 16.5 Å². The minimum absolute atomic E-state index is 0.0686. The van der Waals surface area contributed by atoms with Crippen molar-refractivity contribution >= 4 is 45.7 Å². The molecule has 0 saturated carbocycles. The van der Waals surface area contributed by atoms with E-state index in [-0.39, 0.29) is 24.8 Å². The number of rotatable bonds is 3. The summed E-state index contributed by atoms with van der Waals surface area (Å²) in [6.07, 6.45) is 1.99. The molecule has 0 bridgehead atoms. The van der Waals surface area contributed by atoms with E-state index in [4.69, 9.17) is 16.3 Å². The molecule has 0 spiro atoms. The number of aromatic nitrogens is 1. The highest BCUT2D eigenvalue weighted by molar-refractivity contribution is 6.31. The third kappa shape index (κ3) is 3.04. The highest BCUT2D eigenvalue weighted by atomic mass is 35.5. The Morgan fingerprint density at radius 3 is 3.04 bits per heavy atom. The first-order valence-electron chi connectivity index (χ1n) is 7.71. The number of benzene rings is 2. The van der Waals surface area contributed by atoms with E-state index in [1.165, 1.54) is 0 Å². The minimum atomic E-state index is -0.216. The van der Waals surface area contributed by atoms with Crippen LogP contribution in [-0.4, -0.2) is 23.4 Å². The second kappa shape index (κ2) is 6.14. The number of anilines is 2. The van der Waals surface area contributed by atoms with Gasteiger partial charge in [0.15, 0.2) is 12.4 Å². The number of hydrogen-bond acceptors (Lipinski definition) is 3. The topological polar surface area (TPSA) is 83.2 Å². The van der Waals surface area contributed by atoms with Crippen molar-refractivity contribution in [1.82, 2.24) is 4.98 Å². The second-order valence-corrected chi connectivity index (χ2v) is 6.18. The van der Waals surface area contributed by atoms with Crippen molar-refractivity contribution in [2.24, 2.45) is 0 Å². The Hall–Kier alpha value is -2.99. The number of carbonyl (C=O) groups excluding carboxylic acids is 2. The summed E-state index contributed by atoms with van der Waals surface area (Å²) in [6.45, 7) is -0.0686. The quantitative estimate of drug-likeness (QED) is 0.673. The molecule has 3 aromatic rings. The number of H-pyrrole nitrogens is 1. The van der Waals surface area contributed by atoms with E-state index in [1.807, 2.05) is 12.1 Å². The molecule has 6 nitrogen and oxygen atoms in total. The van der Waals surface area contributed by atoms with E-state index in [0.29, 0.717) is 22.1 Å². The fourth-order valence-electron chi connectivity index (χ4n) is 2.88. The summed E-state index contributed by atoms with van der Waals surface area (Å²) in [7, 11) is 0. The molecule has 2 heterocycles. The standard InChI is InChI=1S/C18H14ClN3O3/c19-11-4-5-13-12(7-11)10(8-20-13)6-16(23)21-14-2-1-3-15-18(14)25-9-17(24)22-15/h1-5,7-8,20H,6,9H2,(H,21,23)(H,22,24). The van der Waals surface area contributed by atoms with Crippen molar-refractivity contribution in [1.29, 1.82) is 0 Å². The van der Waals surface area contributed by atoms with Gasteiger partial charge in [-0.15, -0.1) is 0 Å². The molecule has 0 fully saturated rings. The van der Waals surface area contributed by atoms with Crippen molar-refractivity contribution in [3.05, 3.63) is 53.2 Å². The van der Waals surface area contributed by atoms with Crippen LogP contribution >= 0.6 is 11.6 Å². The normalized spacial score (nSPS) is 13.1. The van der Waals surface area contributed by atoms with Crippen LogP contribution < -0.4 is 15.4 Å². The molecule has 1 aliphatic rings. The smallest absolute Gasteiger partial charge is 0.262 e. The van der Waals surface area contributed by atoms with Gasteiger partial charge in [-0.2, -0.15) is 0 Å². The van der Waals surface area contributed by atoms with E-state index in [1.54, 1.807) is 30.5 Å². The Balaban J connectivity index is 1.56. The lowest BCUT2D eigenvalue weighted by molar-refractivity contribution is -0.118. The SMILES string of the molecule is O=C1COc2c(cccc2NC(=O)Cc2c[nH]c3ccc(Cl)cc23)N1. The molecule has 4 rings (SSSR count). The number of nitrogens with one attached hydrogen (secondary N) is 3. The van der Waals surface area contributed by atoms with Gasteiger partial charge in [-0.3, -0.25) is 9.59 Å². The first-order chi connectivity index (χ1) is 12.1. The molecule has 7 heteroatoms. The zero-order valence-corrected chi connectivity index (χ0v) is 13.8. The van der Waals surface area contributed by atoms with Gasteiger partial charge in [-0.1, -0.05) is 17.7 Å². The van der Waals surface area contributed by atoms with Gasteiger partial charge in [0, 0.05) is 22.1 Å². The maximum atomic E-state index is 12.5. The lowest BCUT2D eigenvalue weighted by Gasteiger charge is -2.20. The Morgan fingerprint density at radius 1 is 1.28 bits per heavy atom. The van der Waals surface area contributed by atoms with E-state index in [2.05, 4.69) is 15.6 Å². The molecule has 2 amide bonds. The third-order valence-electron chi connectivity index (χ3n) is 3.99. The molecule has 0 atom stereocenters. The van der Waals surface area contributed by atoms with Crippen molar-refractivity contribution in [3.63, 3.8) is 0 Å². The molecule has 3 N–H and O–H groups in total. The summed E-state index contributed by atoms with van der Waals surface area (Å²) < 4.78 is 5.44. The van der Waals surface area contributed by atoms with Crippen molar-refractivity contribution in [2.75, 3.05) is 17.2 Å². The fraction of sp³-hybridized carbons (Fsp3) is 0.111. The molecular formula is C18H14ClN3O3. The van der Waals surface area contributed by atoms with Crippen LogP contribution in [0.1, 0.15) is 5.56 Å². The van der Waals surface area contributed by atoms with Gasteiger partial charge in [0.25, 0.3) is 5.91 Å². The number of fused-ring (bicyclic) bond motifs is 2. The average molecular weight is 356 g/mol. The monoisotopic (exact) mass is 355 g/mol. The van der Waals surface area contributed by atoms with Gasteiger partial charge < -0.3 is 20.4 Å². The number of para-hydroxylation sites is 1. The number of carbonyl (C=O) groups is 2. The zero-order chi connectivity index (χ0) is 17.4. The molecule has 2 aromatic carbocycles. The van der Waals surface area contributed by atoms with Crippen LogP contribution in [0.25, 0.3) is 10.9 Å². The molecule has 25 heavy (non-hydrogen) atoms. The Morgan fingerprint density at radius 2 is 2.16 bits per heavy atom. The maximum absolute atomic E-state index is 12.5. The second-order valence-electron chi connectivity index (χ2n) is 5.75. The van der Waals surface area contributed by atoms with E-state index in [9.17, 15) is 9.59 Å². The van der Waals surface area contributed by atoms with Gasteiger partial charge in [-0.05, 0) is 35.9 Å². The van der Waals surface area contributed by atoms with Crippen LogP contribution in [0.3, 0.4) is 0 Å². The molecule has 1 aliphatic heterocycles. The highest BCUT2D eigenvalue weighted by Crippen LogP contribution is 2.35. The molecule has 126 valence electrons. The van der Waals surface area contributed by atoms with Gasteiger partial charge >= 0.3 is 0 Å². The Kier molecular flexibility index (Phi) is 3.82. The number of ether oxygens (including phenoxy) is 1. The van der Waals surface area contributed by atoms with Gasteiger partial charge in [0.1, 0.15) is 0 Å². The van der Waals surface area contributed by atoms with E-state index < -0.39 is 0 Å². The van der Waals surface area contributed by atoms with Crippen LogP contribution in [0.4, 0.5) is 11.4 Å². The van der Waals surface area contributed by atoms with Crippen LogP contribution in [0.2, 0.25) is 5.02 Å². The van der Waals surface area contributed by atoms with Crippen molar-refractivity contribution in [3.8, 4) is 5.75 Å². The zero-order valence-electron chi connectivity index (χ0n) is 13.1. The molecule has 0 unspecified atom stereocenters. The summed E-state index contributed by atoms with van der Waals surface area (Å²) in [5.74, 6) is 0.0684. The van der Waals surface area contributed by atoms with Gasteiger partial charge in [0.2, 0.25) is 5.91 Å². The number of amides is 2. The van der Waals surface area contributed by atoms with Crippen LogP contribution in [0, 0.1) is 0 Å². The molecular weight excluding hydrogens is 342 g/mol. The molecule has 1 aromatic heterocycles. The fourth-order valence-corrected chi connectivity index (χ4v) is 3.05. The van der Waals surface area contributed by atoms with Gasteiger partial charge in [0.05, 0.1) is 17.8 Å². The van der Waals surface area contributed by atoms with Crippen LogP contribution in [-0.2, 0) is 16.0 Å². The summed E-state index contributed by atoms with van der Waals surface area (Å²) >= 11 is 6.04. The lowest BCUT2D eigenvalue weighted by Crippen LogP contribution is -2.26. The molecule has 0 aliphatic carbocycles. The predicted octanol–water partition coefficient (Wildman–Crippen LogP) is 3.33. The number of hydrogen-bond donors (Lipinski definition) is 3. The largest absolute Gasteiger partial charge is 0.479 e. The minimum Gasteiger partial charge on any atom is -0.479 e. The van der Waals surface area contributed by atoms with Crippen LogP contribution in [0.5, 0.6) is 5.75 Å². The average Bonchev–Trinajstić information content (AvgIpc) is 2.97. The number of aromatic amines is 1. The third-order valence-corrected chi connectivity index (χ3v) is 4.23. The molecule has 0 saturated heterocycles. The Labute approximate surface area is 148 Å². The first kappa shape index (κ1) is 15.5. The predicted molar refractivity (Wildman–Crippen MR) is 96.2 cm³/mol. The van der Waals surface area contributed by atoms with Crippen molar-refractivity contribution in [2.45, 2.75) is 6.42 Å². The number of halogens is 1. The summed E-state index contributed by atoms with van der Waals surface area (Å²) in [5.41, 5.74) is 2.86.